The number of likely N-dealkylation sites (tertiary alicyclic amines) is 1. The van der Waals surface area contributed by atoms with Crippen LogP contribution in [0.25, 0.3) is 0 Å². The standard InChI is InChI=1S/C22H35N2O6P/c1-18-10-9-16-24(18,22(26)27)21(25)20(14-5-7-15-23)30-31(28,29)17-8-6-13-19-11-3-2-4-12-19/h2-4,11-12,18,20H,5-10,13-17,23H2,1H3,(H-,26,27,28,29)/p+1/t18?,20?,24-/m0/s1. The number of rotatable bonds is 12. The van der Waals surface area contributed by atoms with Crippen molar-refractivity contribution in [3.63, 3.8) is 0 Å². The smallest absolute Gasteiger partial charge is 0.435 e. The fourth-order valence-electron chi connectivity index (χ4n) is 4.27. The van der Waals surface area contributed by atoms with Crippen LogP contribution in [0.2, 0.25) is 0 Å². The van der Waals surface area contributed by atoms with E-state index in [-0.39, 0.29) is 19.1 Å². The molecule has 2 rings (SSSR count). The maximum atomic E-state index is 13.3. The predicted octanol–water partition coefficient (Wildman–Crippen LogP) is 3.91. The normalized spacial score (nSPS) is 23.9. The molecule has 1 aromatic rings. The molecule has 1 aliphatic heterocycles. The molecular weight excluding hydrogens is 419 g/mol. The van der Waals surface area contributed by atoms with E-state index < -0.39 is 36.2 Å². The second-order valence-electron chi connectivity index (χ2n) is 8.39. The van der Waals surface area contributed by atoms with Crippen LogP contribution in [-0.4, -0.2) is 57.9 Å². The average Bonchev–Trinajstić information content (AvgIpc) is 3.13. The van der Waals surface area contributed by atoms with Crippen molar-refractivity contribution in [3.8, 4) is 0 Å². The Kier molecular flexibility index (Phi) is 9.85. The SMILES string of the molecule is CC1CCC[N@@+]1(C(=O)O)C(=O)C(CCCCN)OP(=O)(O)CCCCc1ccccc1. The van der Waals surface area contributed by atoms with Crippen LogP contribution in [0, 0.1) is 0 Å². The molecule has 0 aliphatic carbocycles. The van der Waals surface area contributed by atoms with Crippen LogP contribution < -0.4 is 5.73 Å². The third kappa shape index (κ3) is 6.96. The monoisotopic (exact) mass is 455 g/mol. The Morgan fingerprint density at radius 2 is 1.94 bits per heavy atom. The molecule has 4 N–H and O–H groups in total. The molecule has 0 bridgehead atoms. The number of amides is 2. The molecule has 1 heterocycles. The van der Waals surface area contributed by atoms with Crippen LogP contribution in [0.3, 0.4) is 0 Å². The molecular formula is C22H36N2O6P+. The summed E-state index contributed by atoms with van der Waals surface area (Å²) in [6, 6.07) is 9.46. The number of nitrogens with zero attached hydrogens (tertiary/aromatic N) is 1. The number of imide groups is 1. The van der Waals surface area contributed by atoms with E-state index in [2.05, 4.69) is 0 Å². The zero-order chi connectivity index (χ0) is 22.9. The van der Waals surface area contributed by atoms with Gasteiger partial charge in [0.25, 0.3) is 0 Å². The zero-order valence-electron chi connectivity index (χ0n) is 18.3. The van der Waals surface area contributed by atoms with Crippen molar-refractivity contribution in [1.29, 1.82) is 0 Å². The number of carbonyl (C=O) groups excluding carboxylic acids is 1. The van der Waals surface area contributed by atoms with Gasteiger partial charge in [-0.05, 0) is 57.6 Å². The molecule has 1 aromatic carbocycles. The Labute approximate surface area is 184 Å². The summed E-state index contributed by atoms with van der Waals surface area (Å²) in [6.45, 7) is 2.34. The molecule has 1 saturated heterocycles. The maximum absolute atomic E-state index is 13.3. The highest BCUT2D eigenvalue weighted by Gasteiger charge is 2.56. The fourth-order valence-corrected chi connectivity index (χ4v) is 5.59. The van der Waals surface area contributed by atoms with Gasteiger partial charge in [-0.1, -0.05) is 30.3 Å². The minimum atomic E-state index is -4.05. The maximum Gasteiger partial charge on any atom is 0.521 e. The largest absolute Gasteiger partial charge is 0.521 e. The van der Waals surface area contributed by atoms with Crippen molar-refractivity contribution < 1.29 is 33.2 Å². The average molecular weight is 456 g/mol. The van der Waals surface area contributed by atoms with E-state index in [4.69, 9.17) is 10.3 Å². The Bertz CT molecular complexity index is 775. The van der Waals surface area contributed by atoms with E-state index in [1.54, 1.807) is 6.92 Å². The summed E-state index contributed by atoms with van der Waals surface area (Å²) >= 11 is 0. The molecule has 0 aromatic heterocycles. The van der Waals surface area contributed by atoms with Gasteiger partial charge in [-0.25, -0.2) is 4.79 Å². The summed E-state index contributed by atoms with van der Waals surface area (Å²) in [4.78, 5) is 35.8. The van der Waals surface area contributed by atoms with Crippen LogP contribution >= 0.6 is 7.60 Å². The number of carbonyl (C=O) groups is 2. The molecule has 31 heavy (non-hydrogen) atoms. The Hall–Kier alpha value is -1.57. The number of unbranched alkanes of at least 4 members (excludes halogenated alkanes) is 2. The lowest BCUT2D eigenvalue weighted by Crippen LogP contribution is -2.62. The first-order valence-electron chi connectivity index (χ1n) is 11.1. The number of aryl methyl sites for hydroxylation is 1. The van der Waals surface area contributed by atoms with Gasteiger partial charge in [-0.2, -0.15) is 9.28 Å². The van der Waals surface area contributed by atoms with Gasteiger partial charge in [0.05, 0.1) is 12.7 Å². The van der Waals surface area contributed by atoms with Gasteiger partial charge < -0.3 is 15.7 Å². The fraction of sp³-hybridized carbons (Fsp3) is 0.636. The van der Waals surface area contributed by atoms with E-state index in [9.17, 15) is 24.2 Å². The van der Waals surface area contributed by atoms with Crippen LogP contribution in [0.15, 0.2) is 30.3 Å². The predicted molar refractivity (Wildman–Crippen MR) is 119 cm³/mol. The molecule has 9 heteroatoms. The molecule has 0 saturated carbocycles. The van der Waals surface area contributed by atoms with E-state index >= 15 is 0 Å². The Balaban J connectivity index is 2.03. The van der Waals surface area contributed by atoms with Crippen LogP contribution in [0.5, 0.6) is 0 Å². The highest BCUT2D eigenvalue weighted by Crippen LogP contribution is 2.46. The summed E-state index contributed by atoms with van der Waals surface area (Å²) in [7, 11) is -4.05. The van der Waals surface area contributed by atoms with Crippen molar-refractivity contribution in [2.45, 2.75) is 70.4 Å². The van der Waals surface area contributed by atoms with Gasteiger partial charge >= 0.3 is 19.6 Å². The van der Waals surface area contributed by atoms with Crippen molar-refractivity contribution >= 4 is 19.6 Å². The summed E-state index contributed by atoms with van der Waals surface area (Å²) in [5.41, 5.74) is 6.69. The first kappa shape index (κ1) is 25.7. The van der Waals surface area contributed by atoms with E-state index in [1.807, 2.05) is 30.3 Å². The van der Waals surface area contributed by atoms with Gasteiger partial charge in [0.15, 0.2) is 6.10 Å². The number of carboxylic acid groups (broad SMARTS) is 1. The molecule has 3 unspecified atom stereocenters. The first-order chi connectivity index (χ1) is 14.7. The summed E-state index contributed by atoms with van der Waals surface area (Å²) < 4.78 is 17.5. The van der Waals surface area contributed by atoms with E-state index in [0.29, 0.717) is 38.6 Å². The van der Waals surface area contributed by atoms with Gasteiger partial charge in [-0.15, -0.1) is 0 Å². The number of hydrogen-bond acceptors (Lipinski definition) is 5. The lowest BCUT2D eigenvalue weighted by molar-refractivity contribution is -0.794. The highest BCUT2D eigenvalue weighted by molar-refractivity contribution is 7.52. The summed E-state index contributed by atoms with van der Waals surface area (Å²) in [5, 5.41) is 9.85. The summed E-state index contributed by atoms with van der Waals surface area (Å²) in [5.74, 6) is -0.631. The van der Waals surface area contributed by atoms with Crippen molar-refractivity contribution in [2.24, 2.45) is 5.73 Å². The third-order valence-electron chi connectivity index (χ3n) is 6.11. The molecule has 0 radical (unpaired) electrons. The van der Waals surface area contributed by atoms with Crippen molar-refractivity contribution in [3.05, 3.63) is 35.9 Å². The molecule has 4 atom stereocenters. The number of hydrogen-bond donors (Lipinski definition) is 3. The van der Waals surface area contributed by atoms with Gasteiger partial charge in [0.2, 0.25) is 0 Å². The minimum Gasteiger partial charge on any atom is -0.435 e. The molecule has 1 aliphatic rings. The molecule has 8 nitrogen and oxygen atoms in total. The van der Waals surface area contributed by atoms with Gasteiger partial charge in [0, 0.05) is 12.8 Å². The van der Waals surface area contributed by atoms with E-state index in [1.165, 1.54) is 0 Å². The summed E-state index contributed by atoms with van der Waals surface area (Å²) in [6.07, 6.45) is 2.03. The zero-order valence-corrected chi connectivity index (χ0v) is 19.2. The van der Waals surface area contributed by atoms with Gasteiger partial charge in [0.1, 0.15) is 6.04 Å². The molecule has 0 spiro atoms. The molecule has 1 fully saturated rings. The van der Waals surface area contributed by atoms with Crippen LogP contribution in [0.1, 0.15) is 57.4 Å². The van der Waals surface area contributed by atoms with Crippen molar-refractivity contribution in [1.82, 2.24) is 0 Å². The first-order valence-corrected chi connectivity index (χ1v) is 12.9. The highest BCUT2D eigenvalue weighted by atomic mass is 31.2. The van der Waals surface area contributed by atoms with E-state index in [0.717, 1.165) is 18.4 Å². The lowest BCUT2D eigenvalue weighted by Gasteiger charge is -2.33. The second kappa shape index (κ2) is 11.9. The Morgan fingerprint density at radius 1 is 1.23 bits per heavy atom. The molecule has 2 amide bonds. The second-order valence-corrected chi connectivity index (χ2v) is 10.3. The molecule has 174 valence electrons. The van der Waals surface area contributed by atoms with Crippen LogP contribution in [0.4, 0.5) is 4.79 Å². The minimum absolute atomic E-state index is 0.0663. The van der Waals surface area contributed by atoms with Crippen molar-refractivity contribution in [2.75, 3.05) is 19.3 Å². The number of quaternary nitrogens is 1. The number of nitrogens with two attached hydrogens (primary N) is 1. The van der Waals surface area contributed by atoms with Crippen LogP contribution in [-0.2, 0) is 20.3 Å². The topological polar surface area (TPSA) is 127 Å². The quantitative estimate of drug-likeness (QED) is 0.248. The lowest BCUT2D eigenvalue weighted by atomic mass is 10.1. The van der Waals surface area contributed by atoms with Gasteiger partial charge in [-0.3, -0.25) is 9.09 Å². The third-order valence-corrected chi connectivity index (χ3v) is 7.57. The number of benzene rings is 1. The Morgan fingerprint density at radius 3 is 2.52 bits per heavy atom.